The zero-order valence-electron chi connectivity index (χ0n) is 18.4. The van der Waals surface area contributed by atoms with Crippen LogP contribution in [0.3, 0.4) is 0 Å². The maximum Gasteiger partial charge on any atom is 0.251 e. The lowest BCUT2D eigenvalue weighted by atomic mass is 9.80. The smallest absolute Gasteiger partial charge is 0.251 e. The first-order chi connectivity index (χ1) is 16.6. The van der Waals surface area contributed by atoms with Gasteiger partial charge in [0.25, 0.3) is 5.91 Å². The number of fused-ring (bicyclic) bond motifs is 1. The Kier molecular flexibility index (Phi) is 5.90. The lowest BCUT2D eigenvalue weighted by Crippen LogP contribution is -2.59. The summed E-state index contributed by atoms with van der Waals surface area (Å²) in [7, 11) is 0. The van der Waals surface area contributed by atoms with E-state index in [4.69, 9.17) is 0 Å². The summed E-state index contributed by atoms with van der Waals surface area (Å²) in [6.07, 6.45) is 8.17. The minimum atomic E-state index is -0.372. The third kappa shape index (κ3) is 4.45. The van der Waals surface area contributed by atoms with Gasteiger partial charge < -0.3 is 5.32 Å². The Labute approximate surface area is 196 Å². The van der Waals surface area contributed by atoms with E-state index >= 15 is 0 Å². The summed E-state index contributed by atoms with van der Waals surface area (Å²) < 4.78 is 1.74. The zero-order valence-corrected chi connectivity index (χ0v) is 18.4. The van der Waals surface area contributed by atoms with Crippen molar-refractivity contribution < 1.29 is 14.4 Å². The maximum atomic E-state index is 13.0. The van der Waals surface area contributed by atoms with Gasteiger partial charge in [0.15, 0.2) is 0 Å². The van der Waals surface area contributed by atoms with Crippen molar-refractivity contribution >= 4 is 23.4 Å². The predicted molar refractivity (Wildman–Crippen MR) is 124 cm³/mol. The van der Waals surface area contributed by atoms with Crippen LogP contribution in [0.5, 0.6) is 0 Å². The minimum absolute atomic E-state index is 0.155. The van der Waals surface area contributed by atoms with E-state index in [2.05, 4.69) is 20.8 Å². The summed E-state index contributed by atoms with van der Waals surface area (Å²) in [6.45, 7) is 0.991. The quantitative estimate of drug-likeness (QED) is 0.553. The van der Waals surface area contributed by atoms with Crippen molar-refractivity contribution in [3.8, 4) is 0 Å². The molecule has 1 aromatic heterocycles. The lowest BCUT2D eigenvalue weighted by Gasteiger charge is -2.38. The molecule has 2 heterocycles. The van der Waals surface area contributed by atoms with Gasteiger partial charge in [-0.2, -0.15) is 5.10 Å². The lowest BCUT2D eigenvalue weighted by molar-refractivity contribution is -0.139. The van der Waals surface area contributed by atoms with Gasteiger partial charge in [-0.25, -0.2) is 14.7 Å². The van der Waals surface area contributed by atoms with E-state index in [0.29, 0.717) is 37.2 Å². The first-order valence-electron chi connectivity index (χ1n) is 11.2. The van der Waals surface area contributed by atoms with Gasteiger partial charge in [-0.3, -0.25) is 19.8 Å². The van der Waals surface area contributed by atoms with Crippen LogP contribution in [0.2, 0.25) is 0 Å². The largest absolute Gasteiger partial charge is 0.348 e. The molecule has 9 heteroatoms. The van der Waals surface area contributed by atoms with Crippen molar-refractivity contribution in [2.75, 3.05) is 5.01 Å². The van der Waals surface area contributed by atoms with Crippen molar-refractivity contribution in [2.45, 2.75) is 25.9 Å². The van der Waals surface area contributed by atoms with Crippen LogP contribution >= 0.6 is 0 Å². The standard InChI is InChI=1S/C25H24N6O3/c32-23(27-13-17-8-10-18(11-9-17)14-30-16-26-15-28-30)19-4-3-5-20(12-19)31-25(34)22-7-2-1-6-21(22)24(33)29-31/h1-5,8-12,15-16,21-22H,6-7,13-14H2,(H,27,32)(H,29,33). The molecule has 3 aromatic rings. The number of carbonyl (C=O) groups excluding carboxylic acids is 3. The molecule has 1 saturated heterocycles. The molecule has 2 N–H and O–H groups in total. The normalized spacial score (nSPS) is 19.5. The number of rotatable bonds is 6. The van der Waals surface area contributed by atoms with E-state index in [-0.39, 0.29) is 29.6 Å². The number of carbonyl (C=O) groups is 3. The summed E-state index contributed by atoms with van der Waals surface area (Å²) in [4.78, 5) is 42.2. The molecule has 172 valence electrons. The van der Waals surface area contributed by atoms with E-state index in [0.717, 1.165) is 11.1 Å². The number of nitrogens with zero attached hydrogens (tertiary/aromatic N) is 4. The molecule has 0 bridgehead atoms. The Hall–Kier alpha value is -4.27. The molecule has 34 heavy (non-hydrogen) atoms. The first-order valence-corrected chi connectivity index (χ1v) is 11.2. The molecule has 2 aliphatic rings. The van der Waals surface area contributed by atoms with Gasteiger partial charge in [0.1, 0.15) is 12.7 Å². The molecular weight excluding hydrogens is 432 g/mol. The number of hydrogen-bond donors (Lipinski definition) is 2. The van der Waals surface area contributed by atoms with Crippen molar-refractivity contribution in [3.63, 3.8) is 0 Å². The minimum Gasteiger partial charge on any atom is -0.348 e. The van der Waals surface area contributed by atoms with E-state index in [1.54, 1.807) is 35.3 Å². The third-order valence-electron chi connectivity index (χ3n) is 6.18. The fourth-order valence-electron chi connectivity index (χ4n) is 4.32. The molecule has 0 radical (unpaired) electrons. The van der Waals surface area contributed by atoms with Crippen LogP contribution in [-0.4, -0.2) is 32.5 Å². The molecule has 2 atom stereocenters. The monoisotopic (exact) mass is 456 g/mol. The van der Waals surface area contributed by atoms with Gasteiger partial charge in [-0.05, 0) is 42.2 Å². The van der Waals surface area contributed by atoms with Gasteiger partial charge in [0.05, 0.1) is 24.1 Å². The number of hydrazine groups is 1. The second-order valence-electron chi connectivity index (χ2n) is 8.45. The molecule has 9 nitrogen and oxygen atoms in total. The van der Waals surface area contributed by atoms with Crippen molar-refractivity contribution in [3.05, 3.63) is 90.0 Å². The van der Waals surface area contributed by atoms with Gasteiger partial charge in [0.2, 0.25) is 11.8 Å². The highest BCUT2D eigenvalue weighted by molar-refractivity contribution is 6.05. The summed E-state index contributed by atoms with van der Waals surface area (Å²) in [5.74, 6) is -1.29. The molecule has 0 spiro atoms. The van der Waals surface area contributed by atoms with Crippen LogP contribution in [0.1, 0.15) is 34.3 Å². The van der Waals surface area contributed by atoms with Crippen molar-refractivity contribution in [2.24, 2.45) is 11.8 Å². The number of anilines is 1. The van der Waals surface area contributed by atoms with Gasteiger partial charge in [-0.1, -0.05) is 42.5 Å². The summed E-state index contributed by atoms with van der Waals surface area (Å²) in [5, 5.41) is 8.27. The Balaban J connectivity index is 1.23. The number of benzene rings is 2. The fourth-order valence-corrected chi connectivity index (χ4v) is 4.32. The molecule has 5 rings (SSSR count). The summed E-state index contributed by atoms with van der Waals surface area (Å²) >= 11 is 0. The molecule has 0 saturated carbocycles. The number of nitrogens with one attached hydrogen (secondary N) is 2. The van der Waals surface area contributed by atoms with Gasteiger partial charge in [0, 0.05) is 12.1 Å². The SMILES string of the molecule is O=C(NCc1ccc(Cn2cncn2)cc1)c1cccc(N2NC(=O)C3CC=CCC3C2=O)c1. The Morgan fingerprint density at radius 1 is 1.03 bits per heavy atom. The Morgan fingerprint density at radius 3 is 2.56 bits per heavy atom. The number of hydrogen-bond acceptors (Lipinski definition) is 5. The van der Waals surface area contributed by atoms with Gasteiger partial charge >= 0.3 is 0 Å². The summed E-state index contributed by atoms with van der Waals surface area (Å²) in [6, 6.07) is 14.6. The second-order valence-corrected chi connectivity index (χ2v) is 8.45. The number of allylic oxidation sites excluding steroid dienone is 2. The van der Waals surface area contributed by atoms with Crippen LogP contribution in [0, 0.1) is 11.8 Å². The zero-order chi connectivity index (χ0) is 23.5. The Morgan fingerprint density at radius 2 is 1.79 bits per heavy atom. The molecule has 2 aromatic carbocycles. The molecule has 3 amide bonds. The number of aromatic nitrogens is 3. The van der Waals surface area contributed by atoms with Crippen LogP contribution in [0.15, 0.2) is 73.3 Å². The molecular formula is C25H24N6O3. The van der Waals surface area contributed by atoms with Crippen molar-refractivity contribution in [1.29, 1.82) is 0 Å². The molecule has 2 unspecified atom stereocenters. The average Bonchev–Trinajstić information content (AvgIpc) is 3.39. The maximum absolute atomic E-state index is 13.0. The molecule has 1 fully saturated rings. The van der Waals surface area contributed by atoms with E-state index in [1.807, 2.05) is 36.4 Å². The van der Waals surface area contributed by atoms with Crippen LogP contribution < -0.4 is 15.8 Å². The molecule has 1 aliphatic carbocycles. The topological polar surface area (TPSA) is 109 Å². The third-order valence-corrected chi connectivity index (χ3v) is 6.18. The number of amides is 3. The fraction of sp³-hybridized carbons (Fsp3) is 0.240. The van der Waals surface area contributed by atoms with Crippen LogP contribution in [-0.2, 0) is 22.7 Å². The average molecular weight is 457 g/mol. The second kappa shape index (κ2) is 9.30. The highest BCUT2D eigenvalue weighted by atomic mass is 16.2. The van der Waals surface area contributed by atoms with Crippen LogP contribution in [0.4, 0.5) is 5.69 Å². The van der Waals surface area contributed by atoms with E-state index in [9.17, 15) is 14.4 Å². The summed E-state index contributed by atoms with van der Waals surface area (Å²) in [5.41, 5.74) is 5.62. The molecule has 1 aliphatic heterocycles. The first kappa shape index (κ1) is 21.6. The van der Waals surface area contributed by atoms with Crippen molar-refractivity contribution in [1.82, 2.24) is 25.5 Å². The highest BCUT2D eigenvalue weighted by Crippen LogP contribution is 2.32. The van der Waals surface area contributed by atoms with E-state index in [1.165, 1.54) is 11.3 Å². The van der Waals surface area contributed by atoms with E-state index < -0.39 is 0 Å². The van der Waals surface area contributed by atoms with Crippen LogP contribution in [0.25, 0.3) is 0 Å². The highest BCUT2D eigenvalue weighted by Gasteiger charge is 2.42. The van der Waals surface area contributed by atoms with Gasteiger partial charge in [-0.15, -0.1) is 0 Å². The predicted octanol–water partition coefficient (Wildman–Crippen LogP) is 2.22. The Bertz CT molecular complexity index is 1240.